The molecule has 4 saturated carbocycles. The largest absolute Gasteiger partial charge is 0.476 e. The second-order valence-electron chi connectivity index (χ2n) is 19.2. The normalized spacial score (nSPS) is 26.4. The number of aliphatic hydroxyl groups is 2. The van der Waals surface area contributed by atoms with Crippen molar-refractivity contribution < 1.29 is 20.1 Å². The Morgan fingerprint density at radius 1 is 0.949 bits per heavy atom. The maximum atomic E-state index is 12.9. The number of anilines is 4. The molecule has 3 atom stereocenters. The number of rotatable bonds is 15. The molecule has 5 aliphatic rings. The molecule has 0 spiro atoms. The Bertz CT molecular complexity index is 2340. The van der Waals surface area contributed by atoms with E-state index in [0.29, 0.717) is 58.8 Å². The fourth-order valence-electron chi connectivity index (χ4n) is 12.8. The van der Waals surface area contributed by atoms with Crippen molar-refractivity contribution in [3.63, 3.8) is 0 Å². The van der Waals surface area contributed by atoms with Gasteiger partial charge in [-0.25, -0.2) is 14.8 Å². The first-order valence-electron chi connectivity index (χ1n) is 21.3. The molecule has 0 saturated heterocycles. The number of aromatic nitrogens is 6. The maximum Gasteiger partial charge on any atom is 0.355 e. The zero-order valence-electron chi connectivity index (χ0n) is 34.7. The lowest BCUT2D eigenvalue weighted by atomic mass is 9.35. The quantitative estimate of drug-likeness (QED) is 0.0646. The summed E-state index contributed by atoms with van der Waals surface area (Å²) in [5, 5.41) is 51.3. The highest BCUT2D eigenvalue weighted by Gasteiger charge is 2.65. The Hall–Kier alpha value is -4.50. The van der Waals surface area contributed by atoms with Crippen molar-refractivity contribution in [1.29, 1.82) is 0 Å². The molecular weight excluding hydrogens is 763 g/mol. The first kappa shape index (κ1) is 39.9. The van der Waals surface area contributed by atoms with Gasteiger partial charge in [0.05, 0.1) is 29.1 Å². The molecule has 5 aromatic rings. The predicted octanol–water partition coefficient (Wildman–Crippen LogP) is 7.97. The van der Waals surface area contributed by atoms with E-state index < -0.39 is 12.1 Å². The molecule has 3 unspecified atom stereocenters. The Morgan fingerprint density at radius 2 is 1.73 bits per heavy atom. The van der Waals surface area contributed by atoms with Crippen LogP contribution in [0.15, 0.2) is 42.6 Å². The van der Waals surface area contributed by atoms with Crippen LogP contribution in [0, 0.1) is 35.5 Å². The molecule has 312 valence electrons. The summed E-state index contributed by atoms with van der Waals surface area (Å²) in [6, 6.07) is 11.8. The molecule has 4 bridgehead atoms. The van der Waals surface area contributed by atoms with Crippen molar-refractivity contribution in [3.05, 3.63) is 65.1 Å². The van der Waals surface area contributed by atoms with Gasteiger partial charge in [0.2, 0.25) is 0 Å². The third kappa shape index (κ3) is 7.62. The number of fused-ring (bicyclic) bond motifs is 2. The summed E-state index contributed by atoms with van der Waals surface area (Å²) in [6.45, 7) is 12.1. The Labute approximate surface area is 349 Å². The zero-order valence-corrected chi connectivity index (χ0v) is 35.5. The molecule has 59 heavy (non-hydrogen) atoms. The van der Waals surface area contributed by atoms with Crippen molar-refractivity contribution in [2.75, 3.05) is 36.5 Å². The highest BCUT2D eigenvalue weighted by molar-refractivity contribution is 7.22. The molecule has 5 N–H and O–H groups in total. The Kier molecular flexibility index (Phi) is 10.3. The first-order valence-corrected chi connectivity index (χ1v) is 22.1. The molecule has 0 amide bonds. The number of para-hydroxylation sites is 1. The molecule has 1 aliphatic heterocycles. The summed E-state index contributed by atoms with van der Waals surface area (Å²) < 4.78 is 3.25. The Balaban J connectivity index is 0.940. The van der Waals surface area contributed by atoms with Crippen molar-refractivity contribution in [2.24, 2.45) is 21.7 Å². The lowest BCUT2D eigenvalue weighted by Gasteiger charge is -2.70. The van der Waals surface area contributed by atoms with Gasteiger partial charge in [-0.15, -0.1) is 10.2 Å². The summed E-state index contributed by atoms with van der Waals surface area (Å²) in [7, 11) is 0. The monoisotopic (exact) mass is 819 g/mol. The number of hydrogen-bond donors (Lipinski definition) is 5. The molecule has 1 aromatic carbocycles. The molecule has 4 aromatic heterocycles. The lowest BCUT2D eigenvalue weighted by Crippen LogP contribution is -2.60. The van der Waals surface area contributed by atoms with Crippen LogP contribution in [0.25, 0.3) is 21.3 Å². The van der Waals surface area contributed by atoms with Crippen LogP contribution in [0.5, 0.6) is 0 Å². The van der Waals surface area contributed by atoms with Gasteiger partial charge in [-0.3, -0.25) is 4.68 Å². The minimum atomic E-state index is -1.08. The van der Waals surface area contributed by atoms with Gasteiger partial charge in [-0.1, -0.05) is 37.3 Å². The SMILES string of the molecule is Cc1c(Nc2nc3ccccc3s2)nnc2c1CCCN2c1ccc(-c2cnn(CC34CC5(C)CC(C)(CC(CCCNCCC(O)CO)(C5)C3)C4)c2C)c(C(=O)O)n1. The standard InChI is InChI=1S/C45H57N9O4S/c1-28-31-9-7-18-53(39(31)52-51-38(28)50-41-48-34-10-5-6-11-35(34)59-41)36-13-12-32(37(49-36)40(57)58)33-19-47-54(29(33)2)27-45-24-42(3)21-43(4,25-45)23-44(22-42,26-45)15-8-16-46-17-14-30(56)20-55/h5-6,10-13,19,30,46,55-56H,7-9,14-18,20-27H2,1-4H3,(H,57,58)(H,48,50,51). The van der Waals surface area contributed by atoms with E-state index in [2.05, 4.69) is 52.4 Å². The predicted molar refractivity (Wildman–Crippen MR) is 231 cm³/mol. The van der Waals surface area contributed by atoms with E-state index in [9.17, 15) is 15.0 Å². The second kappa shape index (κ2) is 15.2. The summed E-state index contributed by atoms with van der Waals surface area (Å²) >= 11 is 1.58. The van der Waals surface area contributed by atoms with E-state index in [1.807, 2.05) is 48.4 Å². The van der Waals surface area contributed by atoms with Gasteiger partial charge in [0.1, 0.15) is 5.82 Å². The minimum absolute atomic E-state index is 0.00402. The molecule has 4 fully saturated rings. The number of nitrogens with zero attached hydrogens (tertiary/aromatic N) is 7. The molecule has 14 heteroatoms. The fourth-order valence-corrected chi connectivity index (χ4v) is 13.7. The van der Waals surface area contributed by atoms with E-state index in [-0.39, 0.29) is 17.7 Å². The molecule has 10 rings (SSSR count). The zero-order chi connectivity index (χ0) is 41.2. The summed E-state index contributed by atoms with van der Waals surface area (Å²) in [5.74, 6) is 0.830. The van der Waals surface area contributed by atoms with Crippen LogP contribution in [-0.2, 0) is 13.0 Å². The van der Waals surface area contributed by atoms with Crippen LogP contribution in [0.3, 0.4) is 0 Å². The van der Waals surface area contributed by atoms with Gasteiger partial charge in [0, 0.05) is 41.0 Å². The van der Waals surface area contributed by atoms with Crippen molar-refractivity contribution in [3.8, 4) is 11.1 Å². The molecule has 0 radical (unpaired) electrons. The number of pyridine rings is 1. The number of aromatic carboxylic acids is 1. The van der Waals surface area contributed by atoms with Crippen molar-refractivity contribution in [2.45, 2.75) is 111 Å². The fraction of sp³-hybridized carbons (Fsp3) is 0.556. The van der Waals surface area contributed by atoms with Crippen LogP contribution < -0.4 is 15.5 Å². The number of hydrogen-bond acceptors (Lipinski definition) is 12. The average Bonchev–Trinajstić information content (AvgIpc) is 3.76. The molecular formula is C45H57N9O4S. The van der Waals surface area contributed by atoms with Crippen LogP contribution in [0.4, 0.5) is 22.6 Å². The smallest absolute Gasteiger partial charge is 0.355 e. The topological polar surface area (TPSA) is 174 Å². The summed E-state index contributed by atoms with van der Waals surface area (Å²) in [6.07, 6.45) is 13.1. The van der Waals surface area contributed by atoms with Gasteiger partial charge in [-0.2, -0.15) is 5.10 Å². The van der Waals surface area contributed by atoms with E-state index in [1.54, 1.807) is 11.3 Å². The Morgan fingerprint density at radius 3 is 2.49 bits per heavy atom. The van der Waals surface area contributed by atoms with Crippen LogP contribution in [0.1, 0.15) is 105 Å². The van der Waals surface area contributed by atoms with Crippen molar-refractivity contribution in [1.82, 2.24) is 35.3 Å². The van der Waals surface area contributed by atoms with Crippen LogP contribution in [-0.4, -0.2) is 83.6 Å². The highest BCUT2D eigenvalue weighted by atomic mass is 32.1. The number of carbonyl (C=O) groups is 1. The molecule has 5 heterocycles. The molecule has 13 nitrogen and oxygen atoms in total. The van der Waals surface area contributed by atoms with Gasteiger partial charge >= 0.3 is 5.97 Å². The highest BCUT2D eigenvalue weighted by Crippen LogP contribution is 2.75. The van der Waals surface area contributed by atoms with Crippen molar-refractivity contribution >= 4 is 50.1 Å². The number of thiazole rings is 1. The lowest BCUT2D eigenvalue weighted by molar-refractivity contribution is -0.197. The van der Waals surface area contributed by atoms with Crippen LogP contribution in [0.2, 0.25) is 0 Å². The number of aliphatic hydroxyl groups excluding tert-OH is 2. The number of carboxylic acids is 1. The molecule has 4 aliphatic carbocycles. The minimum Gasteiger partial charge on any atom is -0.476 e. The van der Waals surface area contributed by atoms with Gasteiger partial charge in [0.15, 0.2) is 22.5 Å². The van der Waals surface area contributed by atoms with E-state index >= 15 is 0 Å². The van der Waals surface area contributed by atoms with Crippen LogP contribution >= 0.6 is 11.3 Å². The van der Waals surface area contributed by atoms with Gasteiger partial charge in [0.25, 0.3) is 0 Å². The van der Waals surface area contributed by atoms with E-state index in [0.717, 1.165) is 70.1 Å². The van der Waals surface area contributed by atoms with E-state index in [4.69, 9.17) is 20.2 Å². The third-order valence-corrected chi connectivity index (χ3v) is 14.8. The second-order valence-corrected chi connectivity index (χ2v) is 20.2. The number of carboxylic acid groups (broad SMARTS) is 1. The maximum absolute atomic E-state index is 12.9. The first-order chi connectivity index (χ1) is 28.3. The average molecular weight is 820 g/mol. The van der Waals surface area contributed by atoms with Gasteiger partial charge in [-0.05, 0) is 143 Å². The van der Waals surface area contributed by atoms with E-state index in [1.165, 1.54) is 44.9 Å². The number of nitrogens with one attached hydrogen (secondary N) is 2. The number of benzene rings is 1. The van der Waals surface area contributed by atoms with Gasteiger partial charge < -0.3 is 30.9 Å². The summed E-state index contributed by atoms with van der Waals surface area (Å²) in [4.78, 5) is 24.5. The third-order valence-electron chi connectivity index (χ3n) is 13.9. The summed E-state index contributed by atoms with van der Waals surface area (Å²) in [5.41, 5.74) is 6.37.